The number of hydrogen-bond donors (Lipinski definition) is 0. The van der Waals surface area contributed by atoms with Crippen LogP contribution < -0.4 is 0 Å². The van der Waals surface area contributed by atoms with Gasteiger partial charge >= 0.3 is 0 Å². The Hall–Kier alpha value is -0.370. The smallest absolute Gasteiger partial charge is 0.149 e. The molecule has 0 aromatic rings. The number of carbonyl (C=O) groups is 1. The van der Waals surface area contributed by atoms with Crippen LogP contribution in [0.2, 0.25) is 0 Å². The van der Waals surface area contributed by atoms with E-state index in [0.717, 1.165) is 32.4 Å². The molecule has 1 atom stereocenters. The summed E-state index contributed by atoms with van der Waals surface area (Å²) in [6, 6.07) is 0.310. The van der Waals surface area contributed by atoms with Gasteiger partial charge in [0.1, 0.15) is 5.78 Å². The summed E-state index contributed by atoms with van der Waals surface area (Å²) < 4.78 is 0. The monoisotopic (exact) mass is 167 g/mol. The lowest BCUT2D eigenvalue weighted by atomic mass is 10.1. The number of likely N-dealkylation sites (tertiary alicyclic amines) is 1. The van der Waals surface area contributed by atoms with Crippen LogP contribution in [0.25, 0.3) is 0 Å². The van der Waals surface area contributed by atoms with Gasteiger partial charge in [0.2, 0.25) is 0 Å². The number of carbonyl (C=O) groups excluding carboxylic acids is 1. The molecule has 2 heteroatoms. The van der Waals surface area contributed by atoms with Crippen LogP contribution in [0.5, 0.6) is 0 Å². The first-order valence-electron chi connectivity index (χ1n) is 5.15. The van der Waals surface area contributed by atoms with Crippen molar-refractivity contribution >= 4 is 5.78 Å². The van der Waals surface area contributed by atoms with Gasteiger partial charge in [-0.1, -0.05) is 6.42 Å². The lowest BCUT2D eigenvalue weighted by molar-refractivity contribution is -0.122. The SMILES string of the molecule is O=C1CCCC1N1CCCCC1. The Balaban J connectivity index is 1.93. The fourth-order valence-electron chi connectivity index (χ4n) is 2.41. The van der Waals surface area contributed by atoms with Crippen molar-refractivity contribution in [1.82, 2.24) is 4.90 Å². The number of hydrogen-bond acceptors (Lipinski definition) is 2. The normalized spacial score (nSPS) is 32.7. The molecule has 0 amide bonds. The van der Waals surface area contributed by atoms with Crippen molar-refractivity contribution in [3.05, 3.63) is 0 Å². The van der Waals surface area contributed by atoms with Crippen molar-refractivity contribution in [3.8, 4) is 0 Å². The molecule has 2 aliphatic rings. The molecule has 2 rings (SSSR count). The molecule has 0 radical (unpaired) electrons. The second-order valence-electron chi connectivity index (χ2n) is 3.97. The maximum Gasteiger partial charge on any atom is 0.149 e. The molecule has 1 unspecified atom stereocenters. The molecule has 0 N–H and O–H groups in total. The molecule has 0 bridgehead atoms. The highest BCUT2D eigenvalue weighted by Gasteiger charge is 2.30. The van der Waals surface area contributed by atoms with Gasteiger partial charge in [0, 0.05) is 6.42 Å². The summed E-state index contributed by atoms with van der Waals surface area (Å²) in [7, 11) is 0. The average Bonchev–Trinajstić information content (AvgIpc) is 2.53. The van der Waals surface area contributed by atoms with E-state index in [1.54, 1.807) is 0 Å². The molecule has 1 aliphatic heterocycles. The third kappa shape index (κ3) is 1.53. The highest BCUT2D eigenvalue weighted by atomic mass is 16.1. The van der Waals surface area contributed by atoms with E-state index in [2.05, 4.69) is 4.90 Å². The Morgan fingerprint density at radius 2 is 1.83 bits per heavy atom. The highest BCUT2D eigenvalue weighted by Crippen LogP contribution is 2.23. The Labute approximate surface area is 73.9 Å². The minimum Gasteiger partial charge on any atom is -0.298 e. The second kappa shape index (κ2) is 3.56. The maximum atomic E-state index is 11.4. The van der Waals surface area contributed by atoms with E-state index in [4.69, 9.17) is 0 Å². The van der Waals surface area contributed by atoms with E-state index in [0.29, 0.717) is 11.8 Å². The van der Waals surface area contributed by atoms with Crippen LogP contribution in [0.15, 0.2) is 0 Å². The van der Waals surface area contributed by atoms with Crippen molar-refractivity contribution in [2.45, 2.75) is 44.6 Å². The van der Waals surface area contributed by atoms with Gasteiger partial charge in [-0.15, -0.1) is 0 Å². The molecule has 0 aromatic carbocycles. The minimum atomic E-state index is 0.310. The third-order valence-electron chi connectivity index (χ3n) is 3.10. The van der Waals surface area contributed by atoms with Crippen LogP contribution in [0.3, 0.4) is 0 Å². The summed E-state index contributed by atoms with van der Waals surface area (Å²) in [4.78, 5) is 13.8. The predicted molar refractivity (Wildman–Crippen MR) is 48.1 cm³/mol. The van der Waals surface area contributed by atoms with E-state index in [-0.39, 0.29) is 0 Å². The quantitative estimate of drug-likeness (QED) is 0.591. The number of ketones is 1. The van der Waals surface area contributed by atoms with Crippen molar-refractivity contribution in [3.63, 3.8) is 0 Å². The zero-order valence-corrected chi connectivity index (χ0v) is 7.59. The molecule has 0 aromatic heterocycles. The van der Waals surface area contributed by atoms with Crippen LogP contribution in [0.4, 0.5) is 0 Å². The topological polar surface area (TPSA) is 20.3 Å². The molecule has 0 spiro atoms. The summed E-state index contributed by atoms with van der Waals surface area (Å²) >= 11 is 0. The molecular formula is C10H17NO. The van der Waals surface area contributed by atoms with Crippen LogP contribution in [-0.2, 0) is 4.79 Å². The third-order valence-corrected chi connectivity index (χ3v) is 3.10. The highest BCUT2D eigenvalue weighted by molar-refractivity contribution is 5.85. The van der Waals surface area contributed by atoms with Crippen LogP contribution in [-0.4, -0.2) is 29.8 Å². The van der Waals surface area contributed by atoms with E-state index in [1.807, 2.05) is 0 Å². The molecular weight excluding hydrogens is 150 g/mol. The molecule has 68 valence electrons. The Morgan fingerprint density at radius 3 is 2.42 bits per heavy atom. The lowest BCUT2D eigenvalue weighted by Crippen LogP contribution is -2.41. The first-order valence-corrected chi connectivity index (χ1v) is 5.15. The van der Waals surface area contributed by atoms with Gasteiger partial charge in [-0.25, -0.2) is 0 Å². The van der Waals surface area contributed by atoms with Crippen molar-refractivity contribution in [1.29, 1.82) is 0 Å². The molecule has 1 heterocycles. The predicted octanol–water partition coefficient (Wildman–Crippen LogP) is 1.59. The van der Waals surface area contributed by atoms with Crippen molar-refractivity contribution < 1.29 is 4.79 Å². The first-order chi connectivity index (χ1) is 5.88. The number of nitrogens with zero attached hydrogens (tertiary/aromatic N) is 1. The standard InChI is InChI=1S/C10H17NO/c12-10-6-4-5-9(10)11-7-2-1-3-8-11/h9H,1-8H2. The molecule has 1 saturated carbocycles. The van der Waals surface area contributed by atoms with Gasteiger partial charge in [-0.05, 0) is 38.8 Å². The van der Waals surface area contributed by atoms with Crippen LogP contribution in [0.1, 0.15) is 38.5 Å². The fraction of sp³-hybridized carbons (Fsp3) is 0.900. The Kier molecular flexibility index (Phi) is 2.45. The maximum absolute atomic E-state index is 11.4. The van der Waals surface area contributed by atoms with Crippen molar-refractivity contribution in [2.24, 2.45) is 0 Å². The molecule has 1 aliphatic carbocycles. The second-order valence-corrected chi connectivity index (χ2v) is 3.97. The minimum absolute atomic E-state index is 0.310. The van der Waals surface area contributed by atoms with E-state index >= 15 is 0 Å². The zero-order valence-electron chi connectivity index (χ0n) is 7.59. The molecule has 2 fully saturated rings. The summed E-state index contributed by atoms with van der Waals surface area (Å²) in [5.74, 6) is 0.497. The number of Topliss-reactive ketones (excluding diaryl/α,β-unsaturated/α-hetero) is 1. The van der Waals surface area contributed by atoms with Crippen molar-refractivity contribution in [2.75, 3.05) is 13.1 Å². The van der Waals surface area contributed by atoms with Gasteiger partial charge in [0.25, 0.3) is 0 Å². The summed E-state index contributed by atoms with van der Waals surface area (Å²) in [6.45, 7) is 2.33. The lowest BCUT2D eigenvalue weighted by Gasteiger charge is -2.30. The molecule has 12 heavy (non-hydrogen) atoms. The number of rotatable bonds is 1. The summed E-state index contributed by atoms with van der Waals surface area (Å²) in [5.41, 5.74) is 0. The zero-order chi connectivity index (χ0) is 8.39. The molecule has 2 nitrogen and oxygen atoms in total. The Morgan fingerprint density at radius 1 is 1.08 bits per heavy atom. The fourth-order valence-corrected chi connectivity index (χ4v) is 2.41. The Bertz CT molecular complexity index is 173. The summed E-state index contributed by atoms with van der Waals surface area (Å²) in [5, 5.41) is 0. The van der Waals surface area contributed by atoms with Gasteiger partial charge in [-0.2, -0.15) is 0 Å². The van der Waals surface area contributed by atoms with Crippen LogP contribution >= 0.6 is 0 Å². The van der Waals surface area contributed by atoms with Gasteiger partial charge in [0.15, 0.2) is 0 Å². The van der Waals surface area contributed by atoms with E-state index in [1.165, 1.54) is 19.3 Å². The van der Waals surface area contributed by atoms with Gasteiger partial charge in [-0.3, -0.25) is 9.69 Å². The largest absolute Gasteiger partial charge is 0.298 e. The van der Waals surface area contributed by atoms with Gasteiger partial charge < -0.3 is 0 Å². The number of piperidine rings is 1. The van der Waals surface area contributed by atoms with E-state index < -0.39 is 0 Å². The van der Waals surface area contributed by atoms with Crippen LogP contribution in [0, 0.1) is 0 Å². The van der Waals surface area contributed by atoms with Gasteiger partial charge in [0.05, 0.1) is 6.04 Å². The first kappa shape index (κ1) is 8.24. The molecule has 1 saturated heterocycles. The van der Waals surface area contributed by atoms with E-state index in [9.17, 15) is 4.79 Å². The summed E-state index contributed by atoms with van der Waals surface area (Å²) in [6.07, 6.45) is 7.03. The average molecular weight is 167 g/mol.